The van der Waals surface area contributed by atoms with E-state index in [-0.39, 0.29) is 5.91 Å². The van der Waals surface area contributed by atoms with Crippen molar-refractivity contribution >= 4 is 28.6 Å². The van der Waals surface area contributed by atoms with E-state index in [1.54, 1.807) is 19.1 Å². The van der Waals surface area contributed by atoms with E-state index in [4.69, 9.17) is 4.98 Å². The number of hydrogen-bond acceptors (Lipinski definition) is 3. The molecular formula is C33H37N3O3. The number of imidazole rings is 1. The van der Waals surface area contributed by atoms with Gasteiger partial charge in [0.05, 0.1) is 16.8 Å². The van der Waals surface area contributed by atoms with Gasteiger partial charge in [0.25, 0.3) is 0 Å². The molecule has 4 aromatic rings. The van der Waals surface area contributed by atoms with E-state index in [0.29, 0.717) is 23.6 Å². The van der Waals surface area contributed by atoms with Crippen LogP contribution in [0.2, 0.25) is 0 Å². The van der Waals surface area contributed by atoms with Crippen molar-refractivity contribution in [2.75, 3.05) is 5.32 Å². The third-order valence-corrected chi connectivity index (χ3v) is 7.86. The highest BCUT2D eigenvalue weighted by molar-refractivity contribution is 5.99. The van der Waals surface area contributed by atoms with Gasteiger partial charge in [0.15, 0.2) is 0 Å². The summed E-state index contributed by atoms with van der Waals surface area (Å²) >= 11 is 0. The van der Waals surface area contributed by atoms with E-state index in [1.165, 1.54) is 37.7 Å². The quantitative estimate of drug-likeness (QED) is 0.234. The molecule has 1 aromatic heterocycles. The normalized spacial score (nSPS) is 14.0. The number of hydrogen-bond donors (Lipinski definition) is 2. The summed E-state index contributed by atoms with van der Waals surface area (Å²) in [5, 5.41) is 12.7. The molecule has 0 saturated heterocycles. The van der Waals surface area contributed by atoms with Gasteiger partial charge in [-0.15, -0.1) is 0 Å². The van der Waals surface area contributed by atoms with E-state index in [2.05, 4.69) is 41.1 Å². The van der Waals surface area contributed by atoms with Gasteiger partial charge in [-0.2, -0.15) is 0 Å². The molecule has 1 aliphatic rings. The molecular weight excluding hydrogens is 486 g/mol. The van der Waals surface area contributed by atoms with Crippen LogP contribution in [-0.2, 0) is 17.8 Å². The number of carboxylic acids is 1. The molecule has 1 amide bonds. The summed E-state index contributed by atoms with van der Waals surface area (Å²) in [6.07, 6.45) is 9.14. The van der Waals surface area contributed by atoms with E-state index in [1.807, 2.05) is 24.3 Å². The predicted molar refractivity (Wildman–Crippen MR) is 156 cm³/mol. The van der Waals surface area contributed by atoms with Gasteiger partial charge in [-0.3, -0.25) is 4.79 Å². The highest BCUT2D eigenvalue weighted by Crippen LogP contribution is 2.37. The van der Waals surface area contributed by atoms with E-state index in [9.17, 15) is 14.7 Å². The molecule has 1 heterocycles. The van der Waals surface area contributed by atoms with Gasteiger partial charge in [-0.25, -0.2) is 9.78 Å². The molecule has 0 radical (unpaired) electrons. The minimum Gasteiger partial charge on any atom is -0.478 e. The monoisotopic (exact) mass is 523 g/mol. The van der Waals surface area contributed by atoms with Crippen LogP contribution < -0.4 is 5.32 Å². The van der Waals surface area contributed by atoms with Crippen LogP contribution in [0.4, 0.5) is 5.69 Å². The fourth-order valence-corrected chi connectivity index (χ4v) is 5.84. The fraction of sp³-hybridized carbons (Fsp3) is 0.364. The number of carboxylic acid groups (broad SMARTS) is 1. The molecule has 6 heteroatoms. The Hall–Kier alpha value is -3.93. The first kappa shape index (κ1) is 26.7. The summed E-state index contributed by atoms with van der Waals surface area (Å²) in [5.74, 6) is 0.522. The minimum atomic E-state index is -0.927. The number of aromatic carboxylic acids is 1. The highest BCUT2D eigenvalue weighted by atomic mass is 16.4. The van der Waals surface area contributed by atoms with Crippen LogP contribution >= 0.6 is 0 Å². The van der Waals surface area contributed by atoms with E-state index in [0.717, 1.165) is 52.9 Å². The molecule has 2 N–H and O–H groups in total. The van der Waals surface area contributed by atoms with Gasteiger partial charge in [-0.05, 0) is 65.6 Å². The van der Waals surface area contributed by atoms with Crippen molar-refractivity contribution in [3.63, 3.8) is 0 Å². The SMILES string of the molecule is CCCCc1nc2c(NC(C)=O)cc(C3CCCCC3)cc2n1Cc1ccc(-c2ccccc2C(=O)O)cc1. The lowest BCUT2D eigenvalue weighted by atomic mass is 9.84. The van der Waals surface area contributed by atoms with Crippen LogP contribution in [0.3, 0.4) is 0 Å². The molecule has 6 nitrogen and oxygen atoms in total. The molecule has 5 rings (SSSR count). The summed E-state index contributed by atoms with van der Waals surface area (Å²) in [5.41, 5.74) is 7.01. The van der Waals surface area contributed by atoms with Crippen LogP contribution in [0.25, 0.3) is 22.2 Å². The number of anilines is 1. The molecule has 1 saturated carbocycles. The zero-order valence-electron chi connectivity index (χ0n) is 22.9. The molecule has 202 valence electrons. The zero-order chi connectivity index (χ0) is 27.4. The lowest BCUT2D eigenvalue weighted by Gasteiger charge is -2.23. The maximum absolute atomic E-state index is 12.1. The number of rotatable bonds is 9. The Bertz CT molecular complexity index is 1480. The fourth-order valence-electron chi connectivity index (χ4n) is 5.84. The largest absolute Gasteiger partial charge is 0.478 e. The molecule has 0 bridgehead atoms. The summed E-state index contributed by atoms with van der Waals surface area (Å²) in [6, 6.07) is 19.7. The van der Waals surface area contributed by atoms with Crippen LogP contribution in [0.15, 0.2) is 60.7 Å². The first-order valence-corrected chi connectivity index (χ1v) is 14.2. The average Bonchev–Trinajstić information content (AvgIpc) is 3.29. The number of unbranched alkanes of at least 4 members (excludes halogenated alkanes) is 1. The molecule has 3 aromatic carbocycles. The van der Waals surface area contributed by atoms with Crippen LogP contribution in [0, 0.1) is 0 Å². The summed E-state index contributed by atoms with van der Waals surface area (Å²) in [6.45, 7) is 4.40. The molecule has 0 atom stereocenters. The maximum Gasteiger partial charge on any atom is 0.336 e. The lowest BCUT2D eigenvalue weighted by molar-refractivity contribution is -0.114. The van der Waals surface area contributed by atoms with Crippen molar-refractivity contribution in [3.8, 4) is 11.1 Å². The Morgan fingerprint density at radius 2 is 1.77 bits per heavy atom. The maximum atomic E-state index is 12.1. The highest BCUT2D eigenvalue weighted by Gasteiger charge is 2.21. The summed E-state index contributed by atoms with van der Waals surface area (Å²) in [4.78, 5) is 28.9. The molecule has 0 aliphatic heterocycles. The Kier molecular flexibility index (Phi) is 8.10. The standard InChI is InChI=1S/C33H37N3O3/c1-3-4-14-31-35-32-29(34-22(2)37)19-26(24-10-6-5-7-11-24)20-30(32)36(31)21-23-15-17-25(18-16-23)27-12-8-9-13-28(27)33(38)39/h8-9,12-13,15-20,24H,3-7,10-11,14,21H2,1-2H3,(H,34,37)(H,38,39). The van der Waals surface area contributed by atoms with Crippen LogP contribution in [-0.4, -0.2) is 26.5 Å². The number of fused-ring (bicyclic) bond motifs is 1. The molecule has 1 aliphatic carbocycles. The number of nitrogens with one attached hydrogen (secondary N) is 1. The number of amides is 1. The molecule has 0 spiro atoms. The average molecular weight is 524 g/mol. The van der Waals surface area contributed by atoms with Gasteiger partial charge in [-0.1, -0.05) is 75.1 Å². The molecule has 1 fully saturated rings. The van der Waals surface area contributed by atoms with Gasteiger partial charge in [0.1, 0.15) is 11.3 Å². The Balaban J connectivity index is 1.56. The molecule has 39 heavy (non-hydrogen) atoms. The van der Waals surface area contributed by atoms with Gasteiger partial charge >= 0.3 is 5.97 Å². The first-order chi connectivity index (χ1) is 18.9. The smallest absolute Gasteiger partial charge is 0.336 e. The van der Waals surface area contributed by atoms with Crippen LogP contribution in [0.1, 0.15) is 92.0 Å². The summed E-state index contributed by atoms with van der Waals surface area (Å²) in [7, 11) is 0. The van der Waals surface area contributed by atoms with E-state index < -0.39 is 5.97 Å². The number of aromatic nitrogens is 2. The third-order valence-electron chi connectivity index (χ3n) is 7.86. The number of benzene rings is 3. The Labute approximate surface area is 230 Å². The lowest BCUT2D eigenvalue weighted by Crippen LogP contribution is -2.10. The topological polar surface area (TPSA) is 84.2 Å². The summed E-state index contributed by atoms with van der Waals surface area (Å²) < 4.78 is 2.31. The Morgan fingerprint density at radius 3 is 2.46 bits per heavy atom. The van der Waals surface area contributed by atoms with Crippen molar-refractivity contribution in [1.29, 1.82) is 0 Å². The predicted octanol–water partition coefficient (Wildman–Crippen LogP) is 7.80. The first-order valence-electron chi connectivity index (χ1n) is 14.2. The van der Waals surface area contributed by atoms with Crippen molar-refractivity contribution in [1.82, 2.24) is 9.55 Å². The van der Waals surface area contributed by atoms with Crippen molar-refractivity contribution < 1.29 is 14.7 Å². The molecule has 0 unspecified atom stereocenters. The third kappa shape index (κ3) is 5.90. The van der Waals surface area contributed by atoms with E-state index >= 15 is 0 Å². The number of aryl methyl sites for hydroxylation is 1. The van der Waals surface area contributed by atoms with Gasteiger partial charge < -0.3 is 15.0 Å². The van der Waals surface area contributed by atoms with Gasteiger partial charge in [0, 0.05) is 19.9 Å². The van der Waals surface area contributed by atoms with Crippen molar-refractivity contribution in [2.24, 2.45) is 0 Å². The second-order valence-corrected chi connectivity index (χ2v) is 10.7. The minimum absolute atomic E-state index is 0.0843. The number of carbonyl (C=O) groups excluding carboxylic acids is 1. The Morgan fingerprint density at radius 1 is 1.03 bits per heavy atom. The van der Waals surface area contributed by atoms with Gasteiger partial charge in [0.2, 0.25) is 5.91 Å². The second kappa shape index (κ2) is 11.9. The second-order valence-electron chi connectivity index (χ2n) is 10.7. The van der Waals surface area contributed by atoms with Crippen molar-refractivity contribution in [3.05, 3.63) is 83.2 Å². The van der Waals surface area contributed by atoms with Crippen molar-refractivity contribution in [2.45, 2.75) is 77.7 Å². The van der Waals surface area contributed by atoms with Crippen LogP contribution in [0.5, 0.6) is 0 Å². The number of nitrogens with zero attached hydrogens (tertiary/aromatic N) is 2. The number of carbonyl (C=O) groups is 2. The zero-order valence-corrected chi connectivity index (χ0v) is 22.9.